The van der Waals surface area contributed by atoms with E-state index in [0.717, 1.165) is 18.7 Å². The highest BCUT2D eigenvalue weighted by Gasteiger charge is 2.18. The predicted octanol–water partition coefficient (Wildman–Crippen LogP) is 2.78. The molecule has 0 radical (unpaired) electrons. The highest BCUT2D eigenvalue weighted by molar-refractivity contribution is 5.30. The van der Waals surface area contributed by atoms with Gasteiger partial charge in [0, 0.05) is 25.3 Å². The van der Waals surface area contributed by atoms with E-state index >= 15 is 0 Å². The van der Waals surface area contributed by atoms with Crippen LogP contribution >= 0.6 is 0 Å². The van der Waals surface area contributed by atoms with Crippen LogP contribution in [0.5, 0.6) is 0 Å². The van der Waals surface area contributed by atoms with Gasteiger partial charge in [-0.1, -0.05) is 37.3 Å². The van der Waals surface area contributed by atoms with Gasteiger partial charge in [-0.3, -0.25) is 9.88 Å². The van der Waals surface area contributed by atoms with Gasteiger partial charge in [0.1, 0.15) is 0 Å². The van der Waals surface area contributed by atoms with Crippen molar-refractivity contribution in [3.8, 4) is 0 Å². The summed E-state index contributed by atoms with van der Waals surface area (Å²) in [6, 6.07) is 14.8. The monoisotopic (exact) mass is 269 g/mol. The maximum Gasteiger partial charge on any atom is 0.0544 e. The minimum Gasteiger partial charge on any atom is -0.329 e. The summed E-state index contributed by atoms with van der Waals surface area (Å²) in [4.78, 5) is 6.66. The van der Waals surface area contributed by atoms with Crippen molar-refractivity contribution in [2.24, 2.45) is 5.73 Å². The molecule has 2 aromatic rings. The van der Waals surface area contributed by atoms with Gasteiger partial charge in [-0.15, -0.1) is 0 Å². The lowest BCUT2D eigenvalue weighted by molar-refractivity contribution is 0.238. The van der Waals surface area contributed by atoms with E-state index in [-0.39, 0.29) is 6.04 Å². The molecule has 3 nitrogen and oxygen atoms in total. The van der Waals surface area contributed by atoms with Crippen LogP contribution in [0, 0.1) is 0 Å². The Balaban J connectivity index is 2.19. The van der Waals surface area contributed by atoms with E-state index in [1.807, 2.05) is 18.3 Å². The third-order valence-corrected chi connectivity index (χ3v) is 3.69. The molecule has 0 saturated carbocycles. The molecule has 0 aliphatic carbocycles. The second-order valence-electron chi connectivity index (χ2n) is 5.04. The fourth-order valence-electron chi connectivity index (χ4n) is 2.58. The van der Waals surface area contributed by atoms with Gasteiger partial charge in [0.25, 0.3) is 0 Å². The summed E-state index contributed by atoms with van der Waals surface area (Å²) >= 11 is 0. The van der Waals surface area contributed by atoms with Gasteiger partial charge >= 0.3 is 0 Å². The lowest BCUT2D eigenvalue weighted by Crippen LogP contribution is -2.31. The first-order valence-corrected chi connectivity index (χ1v) is 7.14. The predicted molar refractivity (Wildman–Crippen MR) is 83.3 cm³/mol. The maximum absolute atomic E-state index is 6.02. The Morgan fingerprint density at radius 3 is 2.55 bits per heavy atom. The highest BCUT2D eigenvalue weighted by Crippen LogP contribution is 2.23. The van der Waals surface area contributed by atoms with Crippen molar-refractivity contribution in [3.63, 3.8) is 0 Å². The average Bonchev–Trinajstić information content (AvgIpc) is 2.49. The van der Waals surface area contributed by atoms with Crippen LogP contribution in [-0.2, 0) is 13.0 Å². The number of benzene rings is 1. The van der Waals surface area contributed by atoms with Crippen molar-refractivity contribution >= 4 is 0 Å². The van der Waals surface area contributed by atoms with Gasteiger partial charge < -0.3 is 5.73 Å². The second kappa shape index (κ2) is 7.17. The first kappa shape index (κ1) is 14.7. The number of hydrogen-bond donors (Lipinski definition) is 1. The quantitative estimate of drug-likeness (QED) is 0.877. The Labute approximate surface area is 121 Å². The van der Waals surface area contributed by atoms with Crippen LogP contribution in [0.2, 0.25) is 0 Å². The highest BCUT2D eigenvalue weighted by atomic mass is 15.1. The summed E-state index contributed by atoms with van der Waals surface area (Å²) in [7, 11) is 2.11. The van der Waals surface area contributed by atoms with Crippen LogP contribution in [0.1, 0.15) is 29.8 Å². The van der Waals surface area contributed by atoms with E-state index in [0.29, 0.717) is 6.54 Å². The minimum atomic E-state index is 0.230. The van der Waals surface area contributed by atoms with Crippen LogP contribution in [-0.4, -0.2) is 23.5 Å². The van der Waals surface area contributed by atoms with Crippen molar-refractivity contribution < 1.29 is 0 Å². The van der Waals surface area contributed by atoms with Gasteiger partial charge in [0.2, 0.25) is 0 Å². The van der Waals surface area contributed by atoms with Gasteiger partial charge in [-0.2, -0.15) is 0 Å². The topological polar surface area (TPSA) is 42.1 Å². The molecule has 1 unspecified atom stereocenters. The molecule has 1 aromatic heterocycles. The summed E-state index contributed by atoms with van der Waals surface area (Å²) in [5.74, 6) is 0. The zero-order valence-corrected chi connectivity index (χ0v) is 12.3. The SMILES string of the molecule is CCc1ccccc1C(CN)N(C)Cc1ccccn1. The Bertz CT molecular complexity index is 525. The molecular weight excluding hydrogens is 246 g/mol. The average molecular weight is 269 g/mol. The zero-order valence-electron chi connectivity index (χ0n) is 12.3. The summed E-state index contributed by atoms with van der Waals surface area (Å²) in [6.07, 6.45) is 2.87. The number of aromatic nitrogens is 1. The number of nitrogens with two attached hydrogens (primary N) is 1. The van der Waals surface area contributed by atoms with Gasteiger partial charge in [0.05, 0.1) is 5.69 Å². The number of aryl methyl sites for hydroxylation is 1. The molecule has 0 aliphatic heterocycles. The molecule has 1 heterocycles. The Kier molecular flexibility index (Phi) is 5.27. The first-order chi connectivity index (χ1) is 9.76. The largest absolute Gasteiger partial charge is 0.329 e. The normalized spacial score (nSPS) is 12.6. The van der Waals surface area contributed by atoms with E-state index in [4.69, 9.17) is 5.73 Å². The molecule has 0 amide bonds. The third kappa shape index (κ3) is 3.44. The molecule has 0 saturated heterocycles. The van der Waals surface area contributed by atoms with Gasteiger partial charge in [0.15, 0.2) is 0 Å². The summed E-state index contributed by atoms with van der Waals surface area (Å²) in [5.41, 5.74) is 9.79. The van der Waals surface area contributed by atoms with Crippen molar-refractivity contribution in [2.45, 2.75) is 25.9 Å². The summed E-state index contributed by atoms with van der Waals surface area (Å²) in [6.45, 7) is 3.60. The first-order valence-electron chi connectivity index (χ1n) is 7.14. The van der Waals surface area contributed by atoms with Crippen molar-refractivity contribution in [1.82, 2.24) is 9.88 Å². The van der Waals surface area contributed by atoms with Crippen molar-refractivity contribution in [2.75, 3.05) is 13.6 Å². The van der Waals surface area contributed by atoms with Crippen LogP contribution < -0.4 is 5.73 Å². The molecule has 20 heavy (non-hydrogen) atoms. The molecule has 2 rings (SSSR count). The molecule has 0 bridgehead atoms. The second-order valence-corrected chi connectivity index (χ2v) is 5.04. The lowest BCUT2D eigenvalue weighted by atomic mass is 9.97. The number of likely N-dealkylation sites (N-methyl/N-ethyl adjacent to an activating group) is 1. The molecule has 2 N–H and O–H groups in total. The zero-order chi connectivity index (χ0) is 14.4. The molecule has 1 aromatic carbocycles. The lowest BCUT2D eigenvalue weighted by Gasteiger charge is -2.28. The summed E-state index contributed by atoms with van der Waals surface area (Å²) < 4.78 is 0. The van der Waals surface area contributed by atoms with E-state index in [1.54, 1.807) is 0 Å². The minimum absolute atomic E-state index is 0.230. The fourth-order valence-corrected chi connectivity index (χ4v) is 2.58. The van der Waals surface area contributed by atoms with Crippen LogP contribution in [0.15, 0.2) is 48.7 Å². The third-order valence-electron chi connectivity index (χ3n) is 3.69. The number of rotatable bonds is 6. The van der Waals surface area contributed by atoms with Gasteiger partial charge in [-0.25, -0.2) is 0 Å². The molecule has 0 spiro atoms. The maximum atomic E-state index is 6.02. The number of nitrogens with zero attached hydrogens (tertiary/aromatic N) is 2. The molecule has 3 heteroatoms. The van der Waals surface area contributed by atoms with Crippen LogP contribution in [0.4, 0.5) is 0 Å². The van der Waals surface area contributed by atoms with E-state index in [1.165, 1.54) is 11.1 Å². The number of hydrogen-bond acceptors (Lipinski definition) is 3. The van der Waals surface area contributed by atoms with E-state index in [2.05, 4.69) is 54.2 Å². The molecule has 106 valence electrons. The van der Waals surface area contributed by atoms with Crippen molar-refractivity contribution in [3.05, 3.63) is 65.5 Å². The fraction of sp³-hybridized carbons (Fsp3) is 0.353. The molecule has 1 atom stereocenters. The van der Waals surface area contributed by atoms with E-state index in [9.17, 15) is 0 Å². The number of pyridine rings is 1. The summed E-state index contributed by atoms with van der Waals surface area (Å²) in [5, 5.41) is 0. The van der Waals surface area contributed by atoms with E-state index < -0.39 is 0 Å². The molecule has 0 aliphatic rings. The van der Waals surface area contributed by atoms with Crippen molar-refractivity contribution in [1.29, 1.82) is 0 Å². The van der Waals surface area contributed by atoms with Crippen LogP contribution in [0.3, 0.4) is 0 Å². The molecular formula is C17H23N3. The van der Waals surface area contributed by atoms with Crippen LogP contribution in [0.25, 0.3) is 0 Å². The Morgan fingerprint density at radius 1 is 1.15 bits per heavy atom. The molecule has 0 fully saturated rings. The Hall–Kier alpha value is -1.71. The Morgan fingerprint density at radius 2 is 1.90 bits per heavy atom. The smallest absolute Gasteiger partial charge is 0.0544 e. The standard InChI is InChI=1S/C17H23N3/c1-3-14-8-4-5-10-16(14)17(12-18)20(2)13-15-9-6-7-11-19-15/h4-11,17H,3,12-13,18H2,1-2H3. The van der Waals surface area contributed by atoms with Gasteiger partial charge in [-0.05, 0) is 36.7 Å².